The fraction of sp³-hybridized carbons (Fsp3) is 0.652. The summed E-state index contributed by atoms with van der Waals surface area (Å²) >= 11 is 0. The van der Waals surface area contributed by atoms with Gasteiger partial charge in [0.2, 0.25) is 0 Å². The molecule has 18 heteroatoms. The number of esters is 1. The van der Waals surface area contributed by atoms with E-state index in [1.165, 1.54) is 13.0 Å². The third-order valence-corrected chi connectivity index (χ3v) is 11.4. The van der Waals surface area contributed by atoms with E-state index in [0.29, 0.717) is 0 Å². The van der Waals surface area contributed by atoms with Crippen molar-refractivity contribution in [2.24, 2.45) is 17.6 Å². The van der Waals surface area contributed by atoms with Crippen molar-refractivity contribution in [2.75, 3.05) is 0 Å². The minimum absolute atomic E-state index is 0.104. The Labute approximate surface area is 374 Å². The van der Waals surface area contributed by atoms with Crippen LogP contribution in [0.2, 0.25) is 0 Å². The molecule has 0 aromatic carbocycles. The van der Waals surface area contributed by atoms with Gasteiger partial charge in [-0.15, -0.1) is 0 Å². The number of carbonyl (C=O) groups is 2. The predicted molar refractivity (Wildman–Crippen MR) is 232 cm³/mol. The van der Waals surface area contributed by atoms with Crippen LogP contribution in [0, 0.1) is 11.8 Å². The van der Waals surface area contributed by atoms with Crippen LogP contribution in [0.4, 0.5) is 0 Å². The van der Waals surface area contributed by atoms with E-state index in [4.69, 9.17) is 24.7 Å². The summed E-state index contributed by atoms with van der Waals surface area (Å²) in [5.41, 5.74) is 6.01. The van der Waals surface area contributed by atoms with Gasteiger partial charge in [-0.1, -0.05) is 92.0 Å². The number of nitrogens with two attached hydrogens (primary N) is 1. The van der Waals surface area contributed by atoms with E-state index in [-0.39, 0.29) is 38.0 Å². The molecular formula is C46H71NO17. The normalized spacial score (nSPS) is 44.8. The molecule has 3 aliphatic rings. The number of fused-ring (bicyclic) bond motifs is 2. The van der Waals surface area contributed by atoms with Crippen LogP contribution >= 0.6 is 0 Å². The maximum atomic E-state index is 12.5. The molecule has 0 spiro atoms. The summed E-state index contributed by atoms with van der Waals surface area (Å²) in [5.74, 6) is -6.35. The van der Waals surface area contributed by atoms with Gasteiger partial charge in [0.15, 0.2) is 12.1 Å². The summed E-state index contributed by atoms with van der Waals surface area (Å²) in [6, 6.07) is -1.15. The maximum Gasteiger partial charge on any atom is 0.311 e. The highest BCUT2D eigenvalue weighted by molar-refractivity contribution is 5.71. The summed E-state index contributed by atoms with van der Waals surface area (Å²) in [6.45, 7) is 4.97. The number of carbonyl (C=O) groups excluding carboxylic acids is 1. The number of allylic oxidation sites excluding steroid dienone is 12. The van der Waals surface area contributed by atoms with Crippen molar-refractivity contribution in [3.63, 3.8) is 0 Å². The standard InChI is InChI=1S/C46H71NO17/c1-27-16-14-12-10-8-6-4-5-7-9-11-13-15-17-33(63-45-43(57)41(47)42(56)29(3)62-45)24-38-40(44(58)59)37(54)26-46(60,64-38)25-32(50)22-36(53)34(51)19-18-30(48)21-31(49)23-39(55)61-28(2)20-35(27)52/h4-17,27-38,40-43,45,48-54,56-57,60H,18-26,47H2,1-3H3,(H,58,59)/b5-4+,8-6+,9-7+,12-10+,13-11+,16-14+,17-15+/t27-,28-,29+,30+,31+,32-,33-,34+,35-,36+,37-,38-,40+,41-,42+,43+,45-,46?/m0/s1. The zero-order valence-electron chi connectivity index (χ0n) is 36.7. The molecule has 0 aromatic rings. The first-order valence-corrected chi connectivity index (χ1v) is 21.9. The fourth-order valence-corrected chi connectivity index (χ4v) is 7.74. The minimum atomic E-state index is -2.32. The second-order valence-corrected chi connectivity index (χ2v) is 17.1. The molecule has 18 atom stereocenters. The van der Waals surface area contributed by atoms with E-state index in [1.54, 1.807) is 79.8 Å². The Balaban J connectivity index is 1.85. The molecule has 362 valence electrons. The predicted octanol–water partition coefficient (Wildman–Crippen LogP) is 0.466. The van der Waals surface area contributed by atoms with Gasteiger partial charge >= 0.3 is 11.9 Å². The van der Waals surface area contributed by atoms with Gasteiger partial charge in [-0.2, -0.15) is 0 Å². The molecule has 0 aliphatic carbocycles. The molecule has 2 saturated heterocycles. The topological polar surface area (TPSA) is 320 Å². The van der Waals surface area contributed by atoms with Gasteiger partial charge in [-0.25, -0.2) is 0 Å². The monoisotopic (exact) mass is 909 g/mol. The Morgan fingerprint density at radius 2 is 1.25 bits per heavy atom. The number of aliphatic carboxylic acids is 1. The number of ether oxygens (including phenoxy) is 4. The average molecular weight is 910 g/mol. The van der Waals surface area contributed by atoms with Gasteiger partial charge in [0.1, 0.15) is 18.1 Å². The lowest BCUT2D eigenvalue weighted by molar-refractivity contribution is -0.308. The van der Waals surface area contributed by atoms with Gasteiger partial charge in [0.25, 0.3) is 0 Å². The number of rotatable bonds is 3. The lowest BCUT2D eigenvalue weighted by atomic mass is 9.82. The molecule has 1 unspecified atom stereocenters. The molecule has 0 amide bonds. The molecule has 3 aliphatic heterocycles. The highest BCUT2D eigenvalue weighted by Crippen LogP contribution is 2.38. The Bertz CT molecular complexity index is 1630. The first kappa shape index (κ1) is 54.9. The van der Waals surface area contributed by atoms with E-state index in [1.807, 2.05) is 13.0 Å². The van der Waals surface area contributed by atoms with Crippen LogP contribution in [0.1, 0.15) is 78.6 Å². The third kappa shape index (κ3) is 18.8. The lowest BCUT2D eigenvalue weighted by Crippen LogP contribution is -2.61. The molecule has 0 radical (unpaired) electrons. The summed E-state index contributed by atoms with van der Waals surface area (Å²) in [7, 11) is 0. The van der Waals surface area contributed by atoms with Gasteiger partial charge in [0.05, 0.1) is 79.6 Å². The van der Waals surface area contributed by atoms with E-state index in [9.17, 15) is 65.8 Å². The molecule has 2 bridgehead atoms. The Morgan fingerprint density at radius 1 is 0.672 bits per heavy atom. The fourth-order valence-electron chi connectivity index (χ4n) is 7.74. The highest BCUT2D eigenvalue weighted by Gasteiger charge is 2.51. The minimum Gasteiger partial charge on any atom is -0.481 e. The first-order chi connectivity index (χ1) is 30.2. The Hall–Kier alpha value is -3.44. The van der Waals surface area contributed by atoms with Crippen molar-refractivity contribution in [1.29, 1.82) is 0 Å². The van der Waals surface area contributed by atoms with Crippen LogP contribution < -0.4 is 5.73 Å². The number of aliphatic hydroxyl groups excluding tert-OH is 9. The average Bonchev–Trinajstić information content (AvgIpc) is 3.19. The largest absolute Gasteiger partial charge is 0.481 e. The Kier molecular flexibility index (Phi) is 23.4. The molecule has 0 saturated carbocycles. The molecule has 18 nitrogen and oxygen atoms in total. The third-order valence-electron chi connectivity index (χ3n) is 11.4. The lowest BCUT2D eigenvalue weighted by Gasteiger charge is -2.45. The van der Waals surface area contributed by atoms with Crippen molar-refractivity contribution < 1.29 is 84.7 Å². The van der Waals surface area contributed by atoms with E-state index >= 15 is 0 Å². The molecule has 3 heterocycles. The highest BCUT2D eigenvalue weighted by atomic mass is 16.7. The van der Waals surface area contributed by atoms with Crippen LogP contribution in [0.15, 0.2) is 85.1 Å². The van der Waals surface area contributed by atoms with Gasteiger partial charge < -0.3 is 80.9 Å². The SMILES string of the molecule is C[C@H]1C[C@H](O)[C@@H](C)/C=C/C=C/C=C/C=C/C=C/C=C/C=C/[C@H](O[C@@H]2O[C@H](C)[C@@H](O)[C@H](N)[C@H]2O)C[C@@H]2OC(O)(C[C@@H](O)C[C@@H](O)[C@H](O)CC[C@@H](O)C[C@@H](O)CC(=O)O1)C[C@H](O)[C@H]2C(=O)O. The van der Waals surface area contributed by atoms with Crippen molar-refractivity contribution >= 4 is 11.9 Å². The van der Waals surface area contributed by atoms with E-state index in [2.05, 4.69) is 0 Å². The molecule has 13 N–H and O–H groups in total. The van der Waals surface area contributed by atoms with E-state index < -0.39 is 141 Å². The second kappa shape index (κ2) is 27.3. The van der Waals surface area contributed by atoms with E-state index in [0.717, 1.165) is 0 Å². The van der Waals surface area contributed by atoms with Crippen molar-refractivity contribution in [1.82, 2.24) is 0 Å². The molecular weight excluding hydrogens is 838 g/mol. The summed E-state index contributed by atoms with van der Waals surface area (Å²) < 4.78 is 23.0. The van der Waals surface area contributed by atoms with Crippen molar-refractivity contribution in [3.8, 4) is 0 Å². The molecule has 3 rings (SSSR count). The van der Waals surface area contributed by atoms with Gasteiger partial charge in [-0.3, -0.25) is 9.59 Å². The van der Waals surface area contributed by atoms with Crippen LogP contribution in [-0.2, 0) is 28.5 Å². The van der Waals surface area contributed by atoms with Gasteiger partial charge in [-0.05, 0) is 33.1 Å². The summed E-state index contributed by atoms with van der Waals surface area (Å²) in [5, 5.41) is 118. The first-order valence-electron chi connectivity index (χ1n) is 21.9. The number of aliphatic hydroxyl groups is 10. The Morgan fingerprint density at radius 3 is 1.84 bits per heavy atom. The van der Waals surface area contributed by atoms with Crippen LogP contribution in [0.5, 0.6) is 0 Å². The number of carboxylic acid groups (broad SMARTS) is 1. The van der Waals surface area contributed by atoms with Crippen molar-refractivity contribution in [3.05, 3.63) is 85.1 Å². The van der Waals surface area contributed by atoms with Crippen molar-refractivity contribution in [2.45, 2.75) is 176 Å². The molecule has 0 aromatic heterocycles. The quantitative estimate of drug-likeness (QED) is 0.171. The van der Waals surface area contributed by atoms with Crippen LogP contribution in [0.3, 0.4) is 0 Å². The molecule has 2 fully saturated rings. The van der Waals surface area contributed by atoms with Crippen LogP contribution in [-0.4, -0.2) is 166 Å². The zero-order chi connectivity index (χ0) is 47.6. The number of hydrogen-bond donors (Lipinski definition) is 12. The smallest absolute Gasteiger partial charge is 0.311 e. The summed E-state index contributed by atoms with van der Waals surface area (Å²) in [4.78, 5) is 24.9. The maximum absolute atomic E-state index is 12.5. The second-order valence-electron chi connectivity index (χ2n) is 17.1. The van der Waals surface area contributed by atoms with Gasteiger partial charge in [0, 0.05) is 38.0 Å². The number of hydrogen-bond acceptors (Lipinski definition) is 17. The summed E-state index contributed by atoms with van der Waals surface area (Å²) in [6.07, 6.45) is 3.69. The number of carboxylic acids is 1. The zero-order valence-corrected chi connectivity index (χ0v) is 36.7. The van der Waals surface area contributed by atoms with Crippen LogP contribution in [0.25, 0.3) is 0 Å². The number of cyclic esters (lactones) is 1. The molecule has 64 heavy (non-hydrogen) atoms.